The van der Waals surface area contributed by atoms with Gasteiger partial charge in [0.2, 0.25) is 5.91 Å². The summed E-state index contributed by atoms with van der Waals surface area (Å²) in [5.74, 6) is -0.460. The minimum atomic E-state index is -0.342. The zero-order valence-corrected chi connectivity index (χ0v) is 12.7. The van der Waals surface area contributed by atoms with Crippen molar-refractivity contribution < 1.29 is 14.3 Å². The number of carbonyl (C=O) groups is 2. The van der Waals surface area contributed by atoms with Crippen LogP contribution in [0.1, 0.15) is 43.5 Å². The average Bonchev–Trinajstić information content (AvgIpc) is 2.50. The van der Waals surface area contributed by atoms with Crippen LogP contribution in [0.2, 0.25) is 0 Å². The van der Waals surface area contributed by atoms with Crippen LogP contribution in [-0.2, 0) is 9.53 Å². The molecule has 0 spiro atoms. The lowest BCUT2D eigenvalue weighted by Crippen LogP contribution is -2.21. The van der Waals surface area contributed by atoms with Gasteiger partial charge in [0.05, 0.1) is 12.2 Å². The Morgan fingerprint density at radius 2 is 1.95 bits per heavy atom. The van der Waals surface area contributed by atoms with Crippen molar-refractivity contribution in [3.63, 3.8) is 0 Å². The summed E-state index contributed by atoms with van der Waals surface area (Å²) >= 11 is 0. The van der Waals surface area contributed by atoms with E-state index in [0.29, 0.717) is 24.4 Å². The zero-order chi connectivity index (χ0) is 15.7. The molecule has 5 heteroatoms. The van der Waals surface area contributed by atoms with Gasteiger partial charge in [-0.2, -0.15) is 0 Å². The fraction of sp³-hybridized carbons (Fsp3) is 0.500. The van der Waals surface area contributed by atoms with E-state index in [1.807, 2.05) is 13.8 Å². The summed E-state index contributed by atoms with van der Waals surface area (Å²) < 4.78 is 5.04. The van der Waals surface area contributed by atoms with Crippen LogP contribution in [0.15, 0.2) is 24.3 Å². The van der Waals surface area contributed by atoms with Crippen molar-refractivity contribution in [3.05, 3.63) is 29.8 Å². The molecule has 1 amide bonds. The molecular weight excluding hydrogens is 268 g/mol. The smallest absolute Gasteiger partial charge is 0.338 e. The fourth-order valence-electron chi connectivity index (χ4n) is 1.79. The van der Waals surface area contributed by atoms with Crippen LogP contribution in [0, 0.1) is 5.92 Å². The summed E-state index contributed by atoms with van der Waals surface area (Å²) in [4.78, 5) is 23.6. The summed E-state index contributed by atoms with van der Waals surface area (Å²) in [7, 11) is 0. The van der Waals surface area contributed by atoms with Crippen LogP contribution < -0.4 is 11.1 Å². The van der Waals surface area contributed by atoms with E-state index in [4.69, 9.17) is 10.5 Å². The second kappa shape index (κ2) is 9.13. The molecule has 0 bridgehead atoms. The number of esters is 1. The highest BCUT2D eigenvalue weighted by Gasteiger charge is 2.13. The maximum Gasteiger partial charge on any atom is 0.338 e. The lowest BCUT2D eigenvalue weighted by Gasteiger charge is -2.12. The Hall–Kier alpha value is -1.88. The van der Waals surface area contributed by atoms with Crippen LogP contribution in [-0.4, -0.2) is 25.0 Å². The molecule has 1 aromatic carbocycles. The predicted molar refractivity (Wildman–Crippen MR) is 83.1 cm³/mol. The van der Waals surface area contributed by atoms with E-state index in [-0.39, 0.29) is 17.8 Å². The molecule has 1 aromatic rings. The maximum atomic E-state index is 11.9. The van der Waals surface area contributed by atoms with Gasteiger partial charge < -0.3 is 15.8 Å². The SMILES string of the molecule is CCCOC(=O)c1ccc(NC(=O)C(C)CCCN)cc1. The van der Waals surface area contributed by atoms with Gasteiger partial charge in [-0.25, -0.2) is 4.79 Å². The number of hydrogen-bond acceptors (Lipinski definition) is 4. The number of nitrogens with two attached hydrogens (primary N) is 1. The largest absolute Gasteiger partial charge is 0.462 e. The average molecular weight is 292 g/mol. The normalized spacial score (nSPS) is 11.8. The standard InChI is InChI=1S/C16H24N2O3/c1-3-11-21-16(20)13-6-8-14(9-7-13)18-15(19)12(2)5-4-10-17/h6-9,12H,3-5,10-11,17H2,1-2H3,(H,18,19). The molecule has 1 unspecified atom stereocenters. The Morgan fingerprint density at radius 3 is 2.52 bits per heavy atom. The molecule has 0 saturated carbocycles. The molecule has 0 heterocycles. The van der Waals surface area contributed by atoms with E-state index < -0.39 is 0 Å². The molecule has 0 aromatic heterocycles. The molecule has 0 radical (unpaired) electrons. The zero-order valence-electron chi connectivity index (χ0n) is 12.7. The van der Waals surface area contributed by atoms with Crippen LogP contribution in [0.4, 0.5) is 5.69 Å². The first-order chi connectivity index (χ1) is 10.1. The Labute approximate surface area is 125 Å². The van der Waals surface area contributed by atoms with Crippen molar-refractivity contribution in [2.75, 3.05) is 18.5 Å². The third-order valence-electron chi connectivity index (χ3n) is 3.11. The van der Waals surface area contributed by atoms with Gasteiger partial charge >= 0.3 is 5.97 Å². The van der Waals surface area contributed by atoms with E-state index in [1.165, 1.54) is 0 Å². The van der Waals surface area contributed by atoms with Gasteiger partial charge in [-0.1, -0.05) is 13.8 Å². The van der Waals surface area contributed by atoms with Crippen molar-refractivity contribution >= 4 is 17.6 Å². The van der Waals surface area contributed by atoms with Crippen LogP contribution in [0.3, 0.4) is 0 Å². The Balaban J connectivity index is 2.54. The quantitative estimate of drug-likeness (QED) is 0.721. The van der Waals surface area contributed by atoms with Crippen molar-refractivity contribution in [2.45, 2.75) is 33.1 Å². The second-order valence-corrected chi connectivity index (χ2v) is 5.03. The molecule has 0 aliphatic heterocycles. The summed E-state index contributed by atoms with van der Waals surface area (Å²) in [5.41, 5.74) is 6.59. The molecule has 0 saturated heterocycles. The topological polar surface area (TPSA) is 81.4 Å². The number of ether oxygens (including phenoxy) is 1. The minimum absolute atomic E-state index is 0.0373. The molecular formula is C16H24N2O3. The minimum Gasteiger partial charge on any atom is -0.462 e. The van der Waals surface area contributed by atoms with Gasteiger partial charge in [-0.05, 0) is 50.1 Å². The van der Waals surface area contributed by atoms with Crippen molar-refractivity contribution in [1.82, 2.24) is 0 Å². The molecule has 1 atom stereocenters. The van der Waals surface area contributed by atoms with Gasteiger partial charge in [0.1, 0.15) is 0 Å². The van der Waals surface area contributed by atoms with E-state index in [0.717, 1.165) is 19.3 Å². The molecule has 21 heavy (non-hydrogen) atoms. The number of carbonyl (C=O) groups excluding carboxylic acids is 2. The Morgan fingerprint density at radius 1 is 1.29 bits per heavy atom. The number of nitrogens with one attached hydrogen (secondary N) is 1. The molecule has 5 nitrogen and oxygen atoms in total. The summed E-state index contributed by atoms with van der Waals surface area (Å²) in [5, 5.41) is 2.83. The highest BCUT2D eigenvalue weighted by Crippen LogP contribution is 2.13. The van der Waals surface area contributed by atoms with Gasteiger partial charge in [0, 0.05) is 11.6 Å². The number of amides is 1. The highest BCUT2D eigenvalue weighted by atomic mass is 16.5. The lowest BCUT2D eigenvalue weighted by molar-refractivity contribution is -0.119. The van der Waals surface area contributed by atoms with Crippen LogP contribution >= 0.6 is 0 Å². The number of benzene rings is 1. The van der Waals surface area contributed by atoms with Gasteiger partial charge in [0.15, 0.2) is 0 Å². The third-order valence-corrected chi connectivity index (χ3v) is 3.11. The van der Waals surface area contributed by atoms with Crippen molar-refractivity contribution in [1.29, 1.82) is 0 Å². The fourth-order valence-corrected chi connectivity index (χ4v) is 1.79. The predicted octanol–water partition coefficient (Wildman–Crippen LogP) is 2.57. The first kappa shape index (κ1) is 17.2. The third kappa shape index (κ3) is 5.95. The van der Waals surface area contributed by atoms with E-state index >= 15 is 0 Å². The van der Waals surface area contributed by atoms with Crippen LogP contribution in [0.5, 0.6) is 0 Å². The number of anilines is 1. The molecule has 1 rings (SSSR count). The number of hydrogen-bond donors (Lipinski definition) is 2. The van der Waals surface area contributed by atoms with Crippen LogP contribution in [0.25, 0.3) is 0 Å². The van der Waals surface area contributed by atoms with E-state index in [9.17, 15) is 9.59 Å². The van der Waals surface area contributed by atoms with Crippen molar-refractivity contribution in [2.24, 2.45) is 11.7 Å². The Kier molecular flexibility index (Phi) is 7.46. The monoisotopic (exact) mass is 292 g/mol. The second-order valence-electron chi connectivity index (χ2n) is 5.03. The first-order valence-electron chi connectivity index (χ1n) is 7.36. The summed E-state index contributed by atoms with van der Waals surface area (Å²) in [6, 6.07) is 6.71. The van der Waals surface area contributed by atoms with E-state index in [1.54, 1.807) is 24.3 Å². The first-order valence-corrected chi connectivity index (χ1v) is 7.36. The van der Waals surface area contributed by atoms with E-state index in [2.05, 4.69) is 5.32 Å². The maximum absolute atomic E-state index is 11.9. The highest BCUT2D eigenvalue weighted by molar-refractivity contribution is 5.94. The molecule has 116 valence electrons. The summed E-state index contributed by atoms with van der Waals surface area (Å²) in [6.07, 6.45) is 2.39. The molecule has 3 N–H and O–H groups in total. The summed E-state index contributed by atoms with van der Waals surface area (Å²) in [6.45, 7) is 4.82. The molecule has 0 fully saturated rings. The number of rotatable bonds is 8. The molecule has 0 aliphatic carbocycles. The Bertz CT molecular complexity index is 457. The lowest BCUT2D eigenvalue weighted by atomic mass is 10.0. The van der Waals surface area contributed by atoms with Gasteiger partial charge in [-0.3, -0.25) is 4.79 Å². The van der Waals surface area contributed by atoms with Gasteiger partial charge in [-0.15, -0.1) is 0 Å². The molecule has 0 aliphatic rings. The van der Waals surface area contributed by atoms with Crippen molar-refractivity contribution in [3.8, 4) is 0 Å². The van der Waals surface area contributed by atoms with Gasteiger partial charge in [0.25, 0.3) is 0 Å².